The first-order valence-corrected chi connectivity index (χ1v) is 10.3. The molecule has 2 N–H and O–H groups in total. The Morgan fingerprint density at radius 3 is 2.36 bits per heavy atom. The molecule has 1 aliphatic heterocycles. The first-order chi connectivity index (χ1) is 11.8. The SMILES string of the molecule is CN=C(NCCCN(C(C)C)C(C)C)NCC1CCCN(C(C)C)C1. The van der Waals surface area contributed by atoms with E-state index >= 15 is 0 Å². The van der Waals surface area contributed by atoms with Gasteiger partial charge in [-0.2, -0.15) is 0 Å². The minimum absolute atomic E-state index is 0.604. The first kappa shape index (κ1) is 22.2. The molecule has 0 amide bonds. The van der Waals surface area contributed by atoms with Gasteiger partial charge in [-0.15, -0.1) is 0 Å². The van der Waals surface area contributed by atoms with Crippen molar-refractivity contribution in [3.8, 4) is 0 Å². The Bertz CT molecular complexity index is 370. The number of nitrogens with one attached hydrogen (secondary N) is 2. The molecular weight excluding hydrogens is 310 g/mol. The van der Waals surface area contributed by atoms with E-state index in [0.29, 0.717) is 18.1 Å². The third kappa shape index (κ3) is 8.41. The fourth-order valence-electron chi connectivity index (χ4n) is 3.78. The largest absolute Gasteiger partial charge is 0.356 e. The molecule has 0 spiro atoms. The number of hydrogen-bond acceptors (Lipinski definition) is 3. The highest BCUT2D eigenvalue weighted by Gasteiger charge is 2.21. The van der Waals surface area contributed by atoms with Crippen LogP contribution >= 0.6 is 0 Å². The summed E-state index contributed by atoms with van der Waals surface area (Å²) in [4.78, 5) is 9.52. The van der Waals surface area contributed by atoms with Gasteiger partial charge in [0, 0.05) is 51.4 Å². The molecule has 1 heterocycles. The van der Waals surface area contributed by atoms with Crippen LogP contribution < -0.4 is 10.6 Å². The van der Waals surface area contributed by atoms with Gasteiger partial charge in [0.05, 0.1) is 0 Å². The number of piperidine rings is 1. The average Bonchev–Trinajstić information content (AvgIpc) is 2.56. The lowest BCUT2D eigenvalue weighted by molar-refractivity contribution is 0.141. The standard InChI is InChI=1S/C20H43N5/c1-16(2)24-12-8-10-19(15-24)14-23-20(21-7)22-11-9-13-25(17(3)4)18(5)6/h16-19H,8-15H2,1-7H3,(H2,21,22,23). The van der Waals surface area contributed by atoms with Gasteiger partial charge in [0.25, 0.3) is 0 Å². The van der Waals surface area contributed by atoms with Gasteiger partial charge in [0.1, 0.15) is 0 Å². The van der Waals surface area contributed by atoms with Crippen molar-refractivity contribution in [1.29, 1.82) is 0 Å². The summed E-state index contributed by atoms with van der Waals surface area (Å²) < 4.78 is 0. The highest BCUT2D eigenvalue weighted by Crippen LogP contribution is 2.17. The Hall–Kier alpha value is -0.810. The second-order valence-corrected chi connectivity index (χ2v) is 8.26. The van der Waals surface area contributed by atoms with Gasteiger partial charge in [-0.1, -0.05) is 0 Å². The van der Waals surface area contributed by atoms with E-state index in [0.717, 1.165) is 37.9 Å². The Kier molecular flexibility index (Phi) is 10.4. The van der Waals surface area contributed by atoms with Crippen molar-refractivity contribution in [2.24, 2.45) is 10.9 Å². The van der Waals surface area contributed by atoms with E-state index in [-0.39, 0.29) is 0 Å². The summed E-state index contributed by atoms with van der Waals surface area (Å²) in [5.74, 6) is 1.68. The predicted molar refractivity (Wildman–Crippen MR) is 110 cm³/mol. The van der Waals surface area contributed by atoms with Crippen LogP contribution in [0, 0.1) is 5.92 Å². The molecular formula is C20H43N5. The van der Waals surface area contributed by atoms with E-state index in [4.69, 9.17) is 0 Å². The van der Waals surface area contributed by atoms with E-state index in [1.807, 2.05) is 7.05 Å². The molecule has 1 rings (SSSR count). The van der Waals surface area contributed by atoms with Gasteiger partial charge in [-0.05, 0) is 73.3 Å². The maximum atomic E-state index is 4.38. The number of rotatable bonds is 9. The van der Waals surface area contributed by atoms with Crippen molar-refractivity contribution in [3.05, 3.63) is 0 Å². The normalized spacial score (nSPS) is 20.1. The highest BCUT2D eigenvalue weighted by molar-refractivity contribution is 5.79. The van der Waals surface area contributed by atoms with Gasteiger partial charge < -0.3 is 15.5 Å². The van der Waals surface area contributed by atoms with Crippen molar-refractivity contribution >= 4 is 5.96 Å². The van der Waals surface area contributed by atoms with Crippen LogP contribution in [-0.4, -0.2) is 73.7 Å². The maximum absolute atomic E-state index is 4.38. The monoisotopic (exact) mass is 353 g/mol. The molecule has 0 radical (unpaired) electrons. The average molecular weight is 354 g/mol. The molecule has 0 aromatic rings. The van der Waals surface area contributed by atoms with Gasteiger partial charge in [-0.3, -0.25) is 9.89 Å². The zero-order chi connectivity index (χ0) is 18.8. The zero-order valence-electron chi connectivity index (χ0n) is 17.8. The fraction of sp³-hybridized carbons (Fsp3) is 0.950. The molecule has 1 atom stereocenters. The lowest BCUT2D eigenvalue weighted by Gasteiger charge is -2.35. The van der Waals surface area contributed by atoms with Gasteiger partial charge in [-0.25, -0.2) is 0 Å². The van der Waals surface area contributed by atoms with Crippen LogP contribution in [0.3, 0.4) is 0 Å². The van der Waals surface area contributed by atoms with E-state index in [9.17, 15) is 0 Å². The molecule has 0 aromatic carbocycles. The summed E-state index contributed by atoms with van der Waals surface area (Å²) in [5, 5.41) is 7.01. The van der Waals surface area contributed by atoms with Crippen molar-refractivity contribution in [2.45, 2.75) is 78.9 Å². The molecule has 1 unspecified atom stereocenters. The summed E-state index contributed by atoms with van der Waals surface area (Å²) in [5.41, 5.74) is 0. The van der Waals surface area contributed by atoms with Crippen LogP contribution in [0.2, 0.25) is 0 Å². The summed E-state index contributed by atoms with van der Waals surface area (Å²) in [6.07, 6.45) is 3.78. The predicted octanol–water partition coefficient (Wildman–Crippen LogP) is 2.78. The van der Waals surface area contributed by atoms with Crippen molar-refractivity contribution in [2.75, 3.05) is 39.8 Å². The van der Waals surface area contributed by atoms with E-state index in [2.05, 4.69) is 67.0 Å². The lowest BCUT2D eigenvalue weighted by atomic mass is 9.97. The Labute approximate surface area is 156 Å². The van der Waals surface area contributed by atoms with Crippen LogP contribution in [0.4, 0.5) is 0 Å². The van der Waals surface area contributed by atoms with E-state index < -0.39 is 0 Å². The Morgan fingerprint density at radius 2 is 1.80 bits per heavy atom. The molecule has 1 aliphatic rings. The summed E-state index contributed by atoms with van der Waals surface area (Å²) in [6.45, 7) is 19.3. The fourth-order valence-corrected chi connectivity index (χ4v) is 3.78. The molecule has 5 nitrogen and oxygen atoms in total. The zero-order valence-corrected chi connectivity index (χ0v) is 17.8. The molecule has 0 saturated carbocycles. The minimum atomic E-state index is 0.604. The lowest BCUT2D eigenvalue weighted by Crippen LogP contribution is -2.46. The number of likely N-dealkylation sites (tertiary alicyclic amines) is 1. The summed E-state index contributed by atoms with van der Waals surface area (Å²) in [7, 11) is 1.87. The number of guanidine groups is 1. The van der Waals surface area contributed by atoms with E-state index in [1.165, 1.54) is 25.9 Å². The van der Waals surface area contributed by atoms with Crippen molar-refractivity contribution < 1.29 is 0 Å². The first-order valence-electron chi connectivity index (χ1n) is 10.3. The maximum Gasteiger partial charge on any atom is 0.190 e. The number of nitrogens with zero attached hydrogens (tertiary/aromatic N) is 3. The summed E-state index contributed by atoms with van der Waals surface area (Å²) in [6, 6.07) is 1.87. The molecule has 0 aromatic heterocycles. The second-order valence-electron chi connectivity index (χ2n) is 8.26. The Morgan fingerprint density at radius 1 is 1.12 bits per heavy atom. The molecule has 1 fully saturated rings. The highest BCUT2D eigenvalue weighted by atomic mass is 15.2. The quantitative estimate of drug-likeness (QED) is 0.380. The van der Waals surface area contributed by atoms with Crippen molar-refractivity contribution in [3.63, 3.8) is 0 Å². The minimum Gasteiger partial charge on any atom is -0.356 e. The molecule has 148 valence electrons. The van der Waals surface area contributed by atoms with Crippen LogP contribution in [0.5, 0.6) is 0 Å². The topological polar surface area (TPSA) is 42.9 Å². The van der Waals surface area contributed by atoms with Crippen LogP contribution in [-0.2, 0) is 0 Å². The third-order valence-corrected chi connectivity index (χ3v) is 5.27. The summed E-state index contributed by atoms with van der Waals surface area (Å²) >= 11 is 0. The smallest absolute Gasteiger partial charge is 0.190 e. The van der Waals surface area contributed by atoms with Gasteiger partial charge in [0.15, 0.2) is 5.96 Å². The number of hydrogen-bond donors (Lipinski definition) is 2. The van der Waals surface area contributed by atoms with Crippen LogP contribution in [0.15, 0.2) is 4.99 Å². The Balaban J connectivity index is 2.26. The molecule has 25 heavy (non-hydrogen) atoms. The molecule has 0 bridgehead atoms. The molecule has 1 saturated heterocycles. The van der Waals surface area contributed by atoms with E-state index in [1.54, 1.807) is 0 Å². The number of aliphatic imine (C=N–C) groups is 1. The molecule has 5 heteroatoms. The molecule has 0 aliphatic carbocycles. The second kappa shape index (κ2) is 11.7. The van der Waals surface area contributed by atoms with Gasteiger partial charge >= 0.3 is 0 Å². The third-order valence-electron chi connectivity index (χ3n) is 5.27. The van der Waals surface area contributed by atoms with Crippen LogP contribution in [0.1, 0.15) is 60.8 Å². The van der Waals surface area contributed by atoms with Crippen molar-refractivity contribution in [1.82, 2.24) is 20.4 Å². The van der Waals surface area contributed by atoms with Gasteiger partial charge in [0.2, 0.25) is 0 Å². The van der Waals surface area contributed by atoms with Crippen LogP contribution in [0.25, 0.3) is 0 Å².